The Balaban J connectivity index is 1.95. The molecule has 0 unspecified atom stereocenters. The molecular formula is C15H16BrFN2O2. The minimum atomic E-state index is -0.293. The Morgan fingerprint density at radius 3 is 2.95 bits per heavy atom. The lowest BCUT2D eigenvalue weighted by Crippen LogP contribution is -2.38. The van der Waals surface area contributed by atoms with Crippen LogP contribution in [0.2, 0.25) is 0 Å². The number of fused-ring (bicyclic) bond motifs is 1. The molecule has 0 fully saturated rings. The molecule has 112 valence electrons. The fraction of sp³-hybridized carbons (Fsp3) is 0.333. The molecule has 0 aliphatic carbocycles. The molecule has 0 saturated carbocycles. The molecule has 2 rings (SSSR count). The van der Waals surface area contributed by atoms with Crippen molar-refractivity contribution in [2.24, 2.45) is 0 Å². The molecule has 4 nitrogen and oxygen atoms in total. The predicted octanol–water partition coefficient (Wildman–Crippen LogP) is 2.17. The molecule has 0 aromatic heterocycles. The van der Waals surface area contributed by atoms with Crippen LogP contribution >= 0.6 is 15.9 Å². The average Bonchev–Trinajstić information content (AvgIpc) is 2.50. The SMILES string of the molecule is C=CC(=O)NCCC(=O)N1CCc2c(ccc(Br)c2F)C1. The molecule has 1 aromatic rings. The molecule has 0 saturated heterocycles. The van der Waals surface area contributed by atoms with Gasteiger partial charge in [0, 0.05) is 26.1 Å². The van der Waals surface area contributed by atoms with E-state index in [1.54, 1.807) is 11.0 Å². The summed E-state index contributed by atoms with van der Waals surface area (Å²) in [5, 5.41) is 2.57. The van der Waals surface area contributed by atoms with Crippen LogP contribution in [0.4, 0.5) is 4.39 Å². The van der Waals surface area contributed by atoms with Gasteiger partial charge in [0.15, 0.2) is 0 Å². The molecule has 1 aromatic carbocycles. The first-order chi connectivity index (χ1) is 10.0. The molecule has 0 spiro atoms. The summed E-state index contributed by atoms with van der Waals surface area (Å²) in [6.45, 7) is 4.53. The summed E-state index contributed by atoms with van der Waals surface area (Å²) in [6.07, 6.45) is 1.90. The van der Waals surface area contributed by atoms with Crippen molar-refractivity contribution in [1.82, 2.24) is 10.2 Å². The summed E-state index contributed by atoms with van der Waals surface area (Å²) in [6, 6.07) is 3.49. The third kappa shape index (κ3) is 3.69. The zero-order valence-corrected chi connectivity index (χ0v) is 13.1. The summed E-state index contributed by atoms with van der Waals surface area (Å²) in [5.41, 5.74) is 1.51. The molecule has 0 radical (unpaired) electrons. The number of benzene rings is 1. The summed E-state index contributed by atoms with van der Waals surface area (Å²) < 4.78 is 14.4. The lowest BCUT2D eigenvalue weighted by molar-refractivity contribution is -0.132. The highest BCUT2D eigenvalue weighted by atomic mass is 79.9. The fourth-order valence-corrected chi connectivity index (χ4v) is 2.69. The van der Waals surface area contributed by atoms with E-state index in [0.29, 0.717) is 29.5 Å². The van der Waals surface area contributed by atoms with E-state index in [-0.39, 0.29) is 30.6 Å². The van der Waals surface area contributed by atoms with Gasteiger partial charge in [0.05, 0.1) is 4.47 Å². The van der Waals surface area contributed by atoms with Gasteiger partial charge in [-0.15, -0.1) is 0 Å². The van der Waals surface area contributed by atoms with Crippen molar-refractivity contribution in [3.05, 3.63) is 46.2 Å². The normalized spacial score (nSPS) is 13.5. The second-order valence-electron chi connectivity index (χ2n) is 4.81. The maximum absolute atomic E-state index is 13.9. The van der Waals surface area contributed by atoms with E-state index in [9.17, 15) is 14.0 Å². The lowest BCUT2D eigenvalue weighted by Gasteiger charge is -2.29. The van der Waals surface area contributed by atoms with Gasteiger partial charge < -0.3 is 10.2 Å². The summed E-state index contributed by atoms with van der Waals surface area (Å²) in [7, 11) is 0. The second-order valence-corrected chi connectivity index (χ2v) is 5.66. The third-order valence-electron chi connectivity index (χ3n) is 3.46. The molecular weight excluding hydrogens is 339 g/mol. The predicted molar refractivity (Wildman–Crippen MR) is 81.0 cm³/mol. The van der Waals surface area contributed by atoms with Gasteiger partial charge in [-0.05, 0) is 45.6 Å². The van der Waals surface area contributed by atoms with Gasteiger partial charge in [0.25, 0.3) is 0 Å². The topological polar surface area (TPSA) is 49.4 Å². The van der Waals surface area contributed by atoms with E-state index in [4.69, 9.17) is 0 Å². The van der Waals surface area contributed by atoms with Gasteiger partial charge in [-0.3, -0.25) is 9.59 Å². The number of halogens is 2. The number of nitrogens with one attached hydrogen (secondary N) is 1. The Kier molecular flexibility index (Phi) is 5.12. The maximum atomic E-state index is 13.9. The molecule has 0 atom stereocenters. The molecule has 21 heavy (non-hydrogen) atoms. The number of hydrogen-bond acceptors (Lipinski definition) is 2. The Labute approximate surface area is 131 Å². The molecule has 2 amide bonds. The highest BCUT2D eigenvalue weighted by molar-refractivity contribution is 9.10. The number of nitrogens with zero attached hydrogens (tertiary/aromatic N) is 1. The van der Waals surface area contributed by atoms with Crippen LogP contribution in [0.15, 0.2) is 29.3 Å². The van der Waals surface area contributed by atoms with Crippen LogP contribution in [-0.4, -0.2) is 29.8 Å². The van der Waals surface area contributed by atoms with Crippen LogP contribution in [0.3, 0.4) is 0 Å². The largest absolute Gasteiger partial charge is 0.352 e. The van der Waals surface area contributed by atoms with Crippen molar-refractivity contribution in [2.75, 3.05) is 13.1 Å². The first-order valence-electron chi connectivity index (χ1n) is 6.66. The van der Waals surface area contributed by atoms with Gasteiger partial charge in [-0.25, -0.2) is 4.39 Å². The van der Waals surface area contributed by atoms with Crippen LogP contribution in [0.25, 0.3) is 0 Å². The Morgan fingerprint density at radius 1 is 1.48 bits per heavy atom. The van der Waals surface area contributed by atoms with E-state index in [1.807, 2.05) is 6.07 Å². The Morgan fingerprint density at radius 2 is 2.24 bits per heavy atom. The van der Waals surface area contributed by atoms with Gasteiger partial charge in [0.1, 0.15) is 5.82 Å². The molecule has 0 bridgehead atoms. The van der Waals surface area contributed by atoms with E-state index in [0.717, 1.165) is 5.56 Å². The standard InChI is InChI=1S/C15H16BrFN2O2/c1-2-13(20)18-7-5-14(21)19-8-6-11-10(9-19)3-4-12(16)15(11)17/h2-4H,1,5-9H2,(H,18,20). The summed E-state index contributed by atoms with van der Waals surface area (Å²) in [5.74, 6) is -0.579. The molecule has 6 heteroatoms. The molecule has 1 N–H and O–H groups in total. The van der Waals surface area contributed by atoms with Crippen LogP contribution in [0.1, 0.15) is 17.5 Å². The highest BCUT2D eigenvalue weighted by Gasteiger charge is 2.23. The molecule has 1 aliphatic rings. The van der Waals surface area contributed by atoms with Gasteiger partial charge in [-0.2, -0.15) is 0 Å². The second kappa shape index (κ2) is 6.85. The third-order valence-corrected chi connectivity index (χ3v) is 4.07. The van der Waals surface area contributed by atoms with E-state index < -0.39 is 0 Å². The maximum Gasteiger partial charge on any atom is 0.243 e. The first kappa shape index (κ1) is 15.7. The first-order valence-corrected chi connectivity index (χ1v) is 7.46. The lowest BCUT2D eigenvalue weighted by atomic mass is 9.99. The molecule has 1 heterocycles. The summed E-state index contributed by atoms with van der Waals surface area (Å²) in [4.78, 5) is 24.8. The zero-order chi connectivity index (χ0) is 15.4. The van der Waals surface area contributed by atoms with Crippen LogP contribution in [-0.2, 0) is 22.6 Å². The highest BCUT2D eigenvalue weighted by Crippen LogP contribution is 2.27. The van der Waals surface area contributed by atoms with Crippen LogP contribution in [0.5, 0.6) is 0 Å². The van der Waals surface area contributed by atoms with Gasteiger partial charge in [0.2, 0.25) is 11.8 Å². The van der Waals surface area contributed by atoms with Crippen molar-refractivity contribution in [1.29, 1.82) is 0 Å². The van der Waals surface area contributed by atoms with Crippen LogP contribution < -0.4 is 5.32 Å². The van der Waals surface area contributed by atoms with E-state index in [2.05, 4.69) is 27.8 Å². The van der Waals surface area contributed by atoms with Crippen molar-refractivity contribution in [3.8, 4) is 0 Å². The van der Waals surface area contributed by atoms with Gasteiger partial charge >= 0.3 is 0 Å². The number of amides is 2. The van der Waals surface area contributed by atoms with Crippen molar-refractivity contribution in [2.45, 2.75) is 19.4 Å². The minimum Gasteiger partial charge on any atom is -0.352 e. The Hall–Kier alpha value is -1.69. The van der Waals surface area contributed by atoms with E-state index in [1.165, 1.54) is 6.08 Å². The average molecular weight is 355 g/mol. The van der Waals surface area contributed by atoms with E-state index >= 15 is 0 Å². The number of carbonyl (C=O) groups excluding carboxylic acids is 2. The quantitative estimate of drug-likeness (QED) is 0.842. The smallest absolute Gasteiger partial charge is 0.243 e. The van der Waals surface area contributed by atoms with Crippen molar-refractivity contribution in [3.63, 3.8) is 0 Å². The van der Waals surface area contributed by atoms with Crippen molar-refractivity contribution < 1.29 is 14.0 Å². The molecule has 1 aliphatic heterocycles. The number of carbonyl (C=O) groups is 2. The van der Waals surface area contributed by atoms with Crippen LogP contribution in [0, 0.1) is 5.82 Å². The zero-order valence-electron chi connectivity index (χ0n) is 11.5. The van der Waals surface area contributed by atoms with Crippen molar-refractivity contribution >= 4 is 27.7 Å². The minimum absolute atomic E-state index is 0.0478. The Bertz CT molecular complexity index is 589. The number of hydrogen-bond donors (Lipinski definition) is 1. The summed E-state index contributed by atoms with van der Waals surface area (Å²) >= 11 is 3.17. The fourth-order valence-electron chi connectivity index (χ4n) is 2.32. The van der Waals surface area contributed by atoms with Gasteiger partial charge in [-0.1, -0.05) is 12.6 Å². The monoisotopic (exact) mass is 354 g/mol. The number of rotatable bonds is 4.